The maximum Gasteiger partial charge on any atom is 0.233 e. The second-order valence-electron chi connectivity index (χ2n) is 6.58. The van der Waals surface area contributed by atoms with E-state index in [0.29, 0.717) is 5.75 Å². The van der Waals surface area contributed by atoms with Gasteiger partial charge in [0.05, 0.1) is 18.9 Å². The maximum atomic E-state index is 12.8. The molecule has 1 unspecified atom stereocenters. The summed E-state index contributed by atoms with van der Waals surface area (Å²) in [6.07, 6.45) is 2.08. The largest absolute Gasteiger partial charge is 0.497 e. The zero-order valence-corrected chi connectivity index (χ0v) is 15.9. The summed E-state index contributed by atoms with van der Waals surface area (Å²) in [6, 6.07) is 14.7. The Balaban J connectivity index is 1.69. The number of methoxy groups -OCH3 is 1. The molecule has 2 aromatic rings. The van der Waals surface area contributed by atoms with Crippen molar-refractivity contribution in [3.63, 3.8) is 0 Å². The molecule has 2 aromatic carbocycles. The van der Waals surface area contributed by atoms with Crippen LogP contribution in [-0.4, -0.2) is 30.2 Å². The van der Waals surface area contributed by atoms with Crippen LogP contribution in [0.3, 0.4) is 0 Å². The molecular weight excluding hydrogens is 330 g/mol. The average molecular weight is 356 g/mol. The number of nitrogens with zero attached hydrogens (tertiary/aromatic N) is 1. The zero-order valence-electron chi connectivity index (χ0n) is 15.1. The number of carbonyl (C=O) groups excluding carboxylic acids is 1. The molecule has 0 radical (unpaired) electrons. The van der Waals surface area contributed by atoms with Gasteiger partial charge in [-0.15, -0.1) is 11.8 Å². The highest BCUT2D eigenvalue weighted by Gasteiger charge is 2.30. The summed E-state index contributed by atoms with van der Waals surface area (Å²) in [7, 11) is 1.68. The molecule has 1 amide bonds. The van der Waals surface area contributed by atoms with Gasteiger partial charge in [-0.05, 0) is 56.0 Å². The predicted molar refractivity (Wildman–Crippen MR) is 103 cm³/mol. The van der Waals surface area contributed by atoms with Crippen LogP contribution in [0.2, 0.25) is 0 Å². The average Bonchev–Trinajstić information content (AvgIpc) is 3.12. The molecular formula is C21H25NO2S. The van der Waals surface area contributed by atoms with E-state index in [1.54, 1.807) is 18.9 Å². The summed E-state index contributed by atoms with van der Waals surface area (Å²) < 4.78 is 5.33. The molecule has 132 valence electrons. The molecule has 0 spiro atoms. The minimum atomic E-state index is 0.168. The lowest BCUT2D eigenvalue weighted by molar-refractivity contribution is -0.129. The Morgan fingerprint density at radius 3 is 2.88 bits per heavy atom. The first kappa shape index (κ1) is 17.9. The van der Waals surface area contributed by atoms with Gasteiger partial charge < -0.3 is 9.64 Å². The Labute approximate surface area is 154 Å². The molecule has 4 heteroatoms. The van der Waals surface area contributed by atoms with E-state index in [4.69, 9.17) is 4.74 Å². The quantitative estimate of drug-likeness (QED) is 0.724. The normalized spacial score (nSPS) is 16.9. The van der Waals surface area contributed by atoms with Crippen LogP contribution in [0.25, 0.3) is 0 Å². The smallest absolute Gasteiger partial charge is 0.233 e. The van der Waals surface area contributed by atoms with Crippen LogP contribution in [-0.2, 0) is 4.79 Å². The fourth-order valence-corrected chi connectivity index (χ4v) is 4.36. The van der Waals surface area contributed by atoms with Crippen molar-refractivity contribution < 1.29 is 9.53 Å². The summed E-state index contributed by atoms with van der Waals surface area (Å²) in [5.41, 5.74) is 3.63. The third-order valence-electron chi connectivity index (χ3n) is 4.75. The number of thioether (sulfide) groups is 1. The lowest BCUT2D eigenvalue weighted by Gasteiger charge is -2.25. The third kappa shape index (κ3) is 4.18. The van der Waals surface area contributed by atoms with Crippen molar-refractivity contribution in [3.05, 3.63) is 59.2 Å². The van der Waals surface area contributed by atoms with Gasteiger partial charge in [-0.25, -0.2) is 0 Å². The first-order valence-corrected chi connectivity index (χ1v) is 9.70. The van der Waals surface area contributed by atoms with Crippen molar-refractivity contribution in [2.75, 3.05) is 19.4 Å². The highest BCUT2D eigenvalue weighted by atomic mass is 32.2. The second-order valence-corrected chi connectivity index (χ2v) is 7.60. The van der Waals surface area contributed by atoms with E-state index in [0.717, 1.165) is 25.1 Å². The standard InChI is InChI=1S/C21H25NO2S/c1-15-9-10-16(2)20(12-15)25-14-21(23)22-11-5-8-19(22)17-6-4-7-18(13-17)24-3/h4,6-7,9-10,12-13,19H,5,8,11,14H2,1-3H3. The van der Waals surface area contributed by atoms with Crippen LogP contribution >= 0.6 is 11.8 Å². The Kier molecular flexibility index (Phi) is 5.69. The van der Waals surface area contributed by atoms with E-state index in [2.05, 4.69) is 38.1 Å². The van der Waals surface area contributed by atoms with Crippen LogP contribution in [0.1, 0.15) is 35.6 Å². The highest BCUT2D eigenvalue weighted by molar-refractivity contribution is 8.00. The van der Waals surface area contributed by atoms with E-state index in [1.165, 1.54) is 21.6 Å². The van der Waals surface area contributed by atoms with Crippen molar-refractivity contribution >= 4 is 17.7 Å². The molecule has 0 aliphatic carbocycles. The molecule has 0 aromatic heterocycles. The highest BCUT2D eigenvalue weighted by Crippen LogP contribution is 2.34. The number of rotatable bonds is 5. The third-order valence-corrected chi connectivity index (χ3v) is 5.89. The summed E-state index contributed by atoms with van der Waals surface area (Å²) in [5.74, 6) is 1.56. The lowest BCUT2D eigenvalue weighted by Crippen LogP contribution is -2.32. The van der Waals surface area contributed by atoms with Gasteiger partial charge in [0.25, 0.3) is 0 Å². The minimum absolute atomic E-state index is 0.168. The van der Waals surface area contributed by atoms with E-state index in [1.807, 2.05) is 23.1 Å². The van der Waals surface area contributed by atoms with Gasteiger partial charge in [-0.3, -0.25) is 4.79 Å². The Morgan fingerprint density at radius 1 is 1.24 bits per heavy atom. The molecule has 0 saturated carbocycles. The second kappa shape index (κ2) is 7.96. The predicted octanol–water partition coefficient (Wildman–Crippen LogP) is 4.77. The fraction of sp³-hybridized carbons (Fsp3) is 0.381. The monoisotopic (exact) mass is 355 g/mol. The van der Waals surface area contributed by atoms with Crippen LogP contribution in [0.4, 0.5) is 0 Å². The number of amides is 1. The van der Waals surface area contributed by atoms with E-state index < -0.39 is 0 Å². The van der Waals surface area contributed by atoms with Crippen LogP contribution in [0.15, 0.2) is 47.4 Å². The molecule has 0 bridgehead atoms. The number of aryl methyl sites for hydroxylation is 2. The molecule has 3 rings (SSSR count). The SMILES string of the molecule is COc1cccc(C2CCCN2C(=O)CSc2cc(C)ccc2C)c1. The van der Waals surface area contributed by atoms with Gasteiger partial charge in [-0.1, -0.05) is 29.8 Å². The van der Waals surface area contributed by atoms with Gasteiger partial charge in [0.2, 0.25) is 5.91 Å². The molecule has 3 nitrogen and oxygen atoms in total. The van der Waals surface area contributed by atoms with E-state index in [9.17, 15) is 4.79 Å². The van der Waals surface area contributed by atoms with Gasteiger partial charge in [0.15, 0.2) is 0 Å². The maximum absolute atomic E-state index is 12.8. The summed E-state index contributed by atoms with van der Waals surface area (Å²) in [6.45, 7) is 5.03. The molecule has 0 N–H and O–H groups in total. The molecule has 1 atom stereocenters. The van der Waals surface area contributed by atoms with Crippen molar-refractivity contribution in [1.82, 2.24) is 4.90 Å². The molecule has 1 heterocycles. The topological polar surface area (TPSA) is 29.5 Å². The van der Waals surface area contributed by atoms with Crippen LogP contribution in [0.5, 0.6) is 5.75 Å². The van der Waals surface area contributed by atoms with Gasteiger partial charge >= 0.3 is 0 Å². The van der Waals surface area contributed by atoms with Gasteiger partial charge in [0, 0.05) is 11.4 Å². The number of likely N-dealkylation sites (tertiary alicyclic amines) is 1. The van der Waals surface area contributed by atoms with Gasteiger partial charge in [-0.2, -0.15) is 0 Å². The van der Waals surface area contributed by atoms with Crippen LogP contribution < -0.4 is 4.74 Å². The van der Waals surface area contributed by atoms with Crippen LogP contribution in [0, 0.1) is 13.8 Å². The van der Waals surface area contributed by atoms with Crippen molar-refractivity contribution in [2.45, 2.75) is 37.6 Å². The minimum Gasteiger partial charge on any atom is -0.497 e. The zero-order chi connectivity index (χ0) is 17.8. The number of benzene rings is 2. The Bertz CT molecular complexity index is 759. The van der Waals surface area contributed by atoms with Crippen molar-refractivity contribution in [3.8, 4) is 5.75 Å². The van der Waals surface area contributed by atoms with E-state index in [-0.39, 0.29) is 11.9 Å². The fourth-order valence-electron chi connectivity index (χ4n) is 3.35. The number of hydrogen-bond acceptors (Lipinski definition) is 3. The Hall–Kier alpha value is -1.94. The molecule has 25 heavy (non-hydrogen) atoms. The van der Waals surface area contributed by atoms with Crippen molar-refractivity contribution in [2.24, 2.45) is 0 Å². The van der Waals surface area contributed by atoms with Gasteiger partial charge in [0.1, 0.15) is 5.75 Å². The van der Waals surface area contributed by atoms with E-state index >= 15 is 0 Å². The molecule has 1 aliphatic rings. The number of carbonyl (C=O) groups is 1. The summed E-state index contributed by atoms with van der Waals surface area (Å²) in [5, 5.41) is 0. The first-order valence-electron chi connectivity index (χ1n) is 8.72. The molecule has 1 saturated heterocycles. The molecule has 1 fully saturated rings. The summed E-state index contributed by atoms with van der Waals surface area (Å²) in [4.78, 5) is 16.1. The number of ether oxygens (including phenoxy) is 1. The first-order chi connectivity index (χ1) is 12.1. The van der Waals surface area contributed by atoms with Crippen molar-refractivity contribution in [1.29, 1.82) is 0 Å². The number of hydrogen-bond donors (Lipinski definition) is 0. The Morgan fingerprint density at radius 2 is 2.08 bits per heavy atom. The lowest BCUT2D eigenvalue weighted by atomic mass is 10.0. The summed E-state index contributed by atoms with van der Waals surface area (Å²) >= 11 is 1.65. The molecule has 1 aliphatic heterocycles.